The first kappa shape index (κ1) is 32.0. The Morgan fingerprint density at radius 1 is 1.10 bits per heavy atom. The number of hydrogen-bond acceptors (Lipinski definition) is 7. The van der Waals surface area contributed by atoms with Gasteiger partial charge in [-0.1, -0.05) is 57.6 Å². The van der Waals surface area contributed by atoms with Gasteiger partial charge in [0.15, 0.2) is 0 Å². The second kappa shape index (κ2) is 16.1. The second-order valence-corrected chi connectivity index (χ2v) is 14.2. The summed E-state index contributed by atoms with van der Waals surface area (Å²) in [5, 5.41) is 10.6. The minimum absolute atomic E-state index is 0.0232. The van der Waals surface area contributed by atoms with Crippen molar-refractivity contribution in [2.75, 3.05) is 37.7 Å². The summed E-state index contributed by atoms with van der Waals surface area (Å²) in [6.45, 7) is 6.94. The van der Waals surface area contributed by atoms with Crippen LogP contribution in [0.25, 0.3) is 10.2 Å². The molecule has 226 valence electrons. The van der Waals surface area contributed by atoms with Crippen LogP contribution in [-0.2, 0) is 20.8 Å². The highest BCUT2D eigenvalue weighted by Crippen LogP contribution is 2.28. The van der Waals surface area contributed by atoms with Gasteiger partial charge in [-0.3, -0.25) is 14.4 Å². The Labute approximate surface area is 257 Å². The van der Waals surface area contributed by atoms with Crippen molar-refractivity contribution in [2.45, 2.75) is 77.3 Å². The number of hydrogen-bond donors (Lipinski definition) is 3. The molecule has 3 amide bonds. The highest BCUT2D eigenvalue weighted by molar-refractivity contribution is 7.99. The number of nitrogens with zero attached hydrogens (tertiary/aromatic N) is 2. The fourth-order valence-electron chi connectivity index (χ4n) is 5.69. The number of rotatable bonds is 13. The largest absolute Gasteiger partial charge is 0.354 e. The van der Waals surface area contributed by atoms with E-state index in [2.05, 4.69) is 25.8 Å². The van der Waals surface area contributed by atoms with Crippen LogP contribution in [0.2, 0.25) is 5.02 Å². The summed E-state index contributed by atoms with van der Waals surface area (Å²) in [7, 11) is 0. The van der Waals surface area contributed by atoms with E-state index >= 15 is 0 Å². The molecule has 3 N–H and O–H groups in total. The Balaban J connectivity index is 1.41. The molecule has 2 unspecified atom stereocenters. The average molecular weight is 622 g/mol. The predicted molar refractivity (Wildman–Crippen MR) is 170 cm³/mol. The molecule has 11 heteroatoms. The molecule has 1 saturated carbocycles. The van der Waals surface area contributed by atoms with Crippen molar-refractivity contribution < 1.29 is 14.4 Å². The van der Waals surface area contributed by atoms with Gasteiger partial charge in [-0.2, -0.15) is 11.8 Å². The van der Waals surface area contributed by atoms with E-state index in [1.54, 1.807) is 13.0 Å². The van der Waals surface area contributed by atoms with Crippen molar-refractivity contribution in [1.82, 2.24) is 25.8 Å². The number of benzene rings is 1. The van der Waals surface area contributed by atoms with Gasteiger partial charge in [0, 0.05) is 67.5 Å². The Morgan fingerprint density at radius 3 is 2.59 bits per heavy atom. The van der Waals surface area contributed by atoms with Crippen LogP contribution in [0, 0.1) is 11.8 Å². The molecule has 8 nitrogen and oxygen atoms in total. The lowest BCUT2D eigenvalue weighted by Crippen LogP contribution is -2.54. The number of nitrogens with one attached hydrogen (secondary N) is 3. The van der Waals surface area contributed by atoms with Gasteiger partial charge < -0.3 is 20.9 Å². The van der Waals surface area contributed by atoms with Gasteiger partial charge in [0.1, 0.15) is 6.04 Å². The third kappa shape index (κ3) is 10.1. The minimum atomic E-state index is -0.751. The maximum Gasteiger partial charge on any atom is 0.243 e. The van der Waals surface area contributed by atoms with E-state index < -0.39 is 6.04 Å². The zero-order chi connectivity index (χ0) is 29.2. The summed E-state index contributed by atoms with van der Waals surface area (Å²) in [5.41, 5.74) is 0.825. The number of amides is 3. The van der Waals surface area contributed by atoms with Gasteiger partial charge >= 0.3 is 0 Å². The number of thioether (sulfide) groups is 1. The molecule has 2 aliphatic rings. The lowest BCUT2D eigenvalue weighted by atomic mass is 9.84. The van der Waals surface area contributed by atoms with Gasteiger partial charge in [-0.15, -0.1) is 11.3 Å². The molecule has 0 spiro atoms. The van der Waals surface area contributed by atoms with Crippen molar-refractivity contribution in [2.24, 2.45) is 11.8 Å². The topological polar surface area (TPSA) is 103 Å². The number of halogens is 1. The average Bonchev–Trinajstić information content (AvgIpc) is 3.37. The van der Waals surface area contributed by atoms with Crippen LogP contribution >= 0.6 is 34.7 Å². The fourth-order valence-corrected chi connectivity index (χ4v) is 7.95. The zero-order valence-electron chi connectivity index (χ0n) is 24.3. The van der Waals surface area contributed by atoms with E-state index in [0.29, 0.717) is 23.9 Å². The quantitative estimate of drug-likeness (QED) is 0.301. The van der Waals surface area contributed by atoms with Crippen molar-refractivity contribution in [1.29, 1.82) is 0 Å². The molecule has 2 heterocycles. The van der Waals surface area contributed by atoms with Crippen LogP contribution in [0.5, 0.6) is 0 Å². The first-order valence-electron chi connectivity index (χ1n) is 15.0. The van der Waals surface area contributed by atoms with Gasteiger partial charge in [0.25, 0.3) is 0 Å². The summed E-state index contributed by atoms with van der Waals surface area (Å²) < 4.78 is 0.948. The maximum absolute atomic E-state index is 13.7. The first-order chi connectivity index (χ1) is 19.8. The molecule has 1 aromatic carbocycles. The van der Waals surface area contributed by atoms with Gasteiger partial charge in [0.05, 0.1) is 15.2 Å². The van der Waals surface area contributed by atoms with Crippen molar-refractivity contribution in [3.63, 3.8) is 0 Å². The lowest BCUT2D eigenvalue weighted by Gasteiger charge is -2.30. The van der Waals surface area contributed by atoms with Crippen molar-refractivity contribution in [3.05, 3.63) is 28.2 Å². The summed E-state index contributed by atoms with van der Waals surface area (Å²) in [5.74, 6) is 2.24. The zero-order valence-corrected chi connectivity index (χ0v) is 26.6. The molecule has 2 fully saturated rings. The van der Waals surface area contributed by atoms with Crippen LogP contribution < -0.4 is 16.0 Å². The molecule has 41 heavy (non-hydrogen) atoms. The second-order valence-electron chi connectivity index (χ2n) is 11.4. The molecular formula is C30H44ClN5O3S2. The van der Waals surface area contributed by atoms with E-state index in [4.69, 9.17) is 11.6 Å². The molecule has 1 aliphatic carbocycles. The van der Waals surface area contributed by atoms with Crippen molar-refractivity contribution in [3.8, 4) is 0 Å². The smallest absolute Gasteiger partial charge is 0.243 e. The number of fused-ring (bicyclic) bond motifs is 1. The molecule has 3 atom stereocenters. The van der Waals surface area contributed by atoms with E-state index in [1.165, 1.54) is 30.6 Å². The molecule has 4 rings (SSSR count). The number of aromatic nitrogens is 1. The van der Waals surface area contributed by atoms with E-state index in [-0.39, 0.29) is 36.1 Å². The van der Waals surface area contributed by atoms with Gasteiger partial charge in [-0.05, 0) is 30.5 Å². The third-order valence-electron chi connectivity index (χ3n) is 8.04. The molecule has 0 bridgehead atoms. The van der Waals surface area contributed by atoms with Crippen LogP contribution in [0.15, 0.2) is 18.2 Å². The normalized spacial score (nSPS) is 18.9. The Morgan fingerprint density at radius 2 is 1.85 bits per heavy atom. The summed E-state index contributed by atoms with van der Waals surface area (Å²) in [4.78, 5) is 46.1. The predicted octanol–water partition coefficient (Wildman–Crippen LogP) is 4.64. The molecule has 1 aromatic heterocycles. The monoisotopic (exact) mass is 621 g/mol. The molecule has 1 aliphatic heterocycles. The summed E-state index contributed by atoms with van der Waals surface area (Å²) >= 11 is 9.60. The molecule has 2 aromatic rings. The Kier molecular flexibility index (Phi) is 12.6. The first-order valence-corrected chi connectivity index (χ1v) is 17.4. The lowest BCUT2D eigenvalue weighted by molar-refractivity contribution is -0.129. The SMILES string of the molecule is CCC(=O)N[C@@H](Cc1nc2ccc(Cl)cc2s1)C(=O)NC(CNC(=O)C(C)CN1CCSCC1)CC1CCCCC1. The van der Waals surface area contributed by atoms with Crippen molar-refractivity contribution >= 4 is 62.6 Å². The summed E-state index contributed by atoms with van der Waals surface area (Å²) in [6, 6.07) is 4.58. The molecule has 1 saturated heterocycles. The number of carbonyl (C=O) groups excluding carboxylic acids is 3. The molecular weight excluding hydrogens is 578 g/mol. The van der Waals surface area contributed by atoms with Gasteiger partial charge in [0.2, 0.25) is 17.7 Å². The highest BCUT2D eigenvalue weighted by atomic mass is 35.5. The third-order valence-corrected chi connectivity index (χ3v) is 10.3. The van der Waals surface area contributed by atoms with Crippen LogP contribution in [0.1, 0.15) is 63.8 Å². The van der Waals surface area contributed by atoms with E-state index in [1.807, 2.05) is 30.8 Å². The number of thiazole rings is 1. The van der Waals surface area contributed by atoms with Crippen LogP contribution in [0.3, 0.4) is 0 Å². The maximum atomic E-state index is 13.7. The number of carbonyl (C=O) groups is 3. The van der Waals surface area contributed by atoms with Crippen LogP contribution in [0.4, 0.5) is 0 Å². The van der Waals surface area contributed by atoms with E-state index in [9.17, 15) is 14.4 Å². The van der Waals surface area contributed by atoms with Crippen LogP contribution in [-0.4, -0.2) is 77.4 Å². The standard InChI is InChI=1S/C30H44ClN5O3S2/c1-3-27(37)34-25(17-28-35-24-10-9-22(31)16-26(24)41-28)30(39)33-23(15-21-7-5-4-6-8-21)18-32-29(38)20(2)19-36-11-13-40-14-12-36/h9-10,16,20-21,23,25H,3-8,11-15,17-19H2,1-2H3,(H,32,38)(H,33,39)(H,34,37)/t20?,23?,25-/m0/s1. The fraction of sp³-hybridized carbons (Fsp3) is 0.667. The molecule has 0 radical (unpaired) electrons. The summed E-state index contributed by atoms with van der Waals surface area (Å²) in [6.07, 6.45) is 7.37. The highest BCUT2D eigenvalue weighted by Gasteiger charge is 2.28. The van der Waals surface area contributed by atoms with Gasteiger partial charge in [-0.25, -0.2) is 4.98 Å². The van der Waals surface area contributed by atoms with E-state index in [0.717, 1.165) is 65.6 Å². The minimum Gasteiger partial charge on any atom is -0.354 e. The Bertz CT molecular complexity index is 1170. The Hall–Kier alpha value is -1.88.